The largest absolute Gasteiger partial charge is 0.431 e. The molecule has 0 atom stereocenters. The van der Waals surface area contributed by atoms with Crippen molar-refractivity contribution in [2.24, 2.45) is 0 Å². The van der Waals surface area contributed by atoms with Gasteiger partial charge in [-0.15, -0.1) is 0 Å². The lowest BCUT2D eigenvalue weighted by Crippen LogP contribution is -2.27. The van der Waals surface area contributed by atoms with Crippen LogP contribution in [-0.2, 0) is 6.18 Å². The summed E-state index contributed by atoms with van der Waals surface area (Å²) in [5, 5.41) is 2.72. The van der Waals surface area contributed by atoms with Crippen molar-refractivity contribution >= 4 is 52.5 Å². The van der Waals surface area contributed by atoms with Crippen LogP contribution in [-0.4, -0.2) is 35.8 Å². The van der Waals surface area contributed by atoms with Gasteiger partial charge in [-0.25, -0.2) is 0 Å². The van der Waals surface area contributed by atoms with Crippen molar-refractivity contribution in [2.45, 2.75) is 16.0 Å². The van der Waals surface area contributed by atoms with Crippen molar-refractivity contribution in [3.63, 3.8) is 0 Å². The van der Waals surface area contributed by atoms with Gasteiger partial charge < -0.3 is 15.2 Å². The van der Waals surface area contributed by atoms with Crippen LogP contribution in [0.5, 0.6) is 0 Å². The Hall–Kier alpha value is -2.95. The molecule has 0 radical (unpaired) electrons. The summed E-state index contributed by atoms with van der Waals surface area (Å²) in [4.78, 5) is 40.7. The third-order valence-corrected chi connectivity index (χ3v) is 6.47. The van der Waals surface area contributed by atoms with E-state index in [1.165, 1.54) is 41.3 Å². The predicted octanol–water partition coefficient (Wildman–Crippen LogP) is 5.81. The summed E-state index contributed by atoms with van der Waals surface area (Å²) in [7, 11) is 3.11. The average Bonchev–Trinajstić information content (AvgIpc) is 2.74. The molecule has 2 amide bonds. The highest BCUT2D eigenvalue weighted by atomic mass is 35.5. The molecule has 0 spiro atoms. The topological polar surface area (TPSA) is 82.3 Å². The summed E-state index contributed by atoms with van der Waals surface area (Å²) in [5.41, 5.74) is -2.72. The van der Waals surface area contributed by atoms with Crippen LogP contribution in [0.3, 0.4) is 0 Å². The zero-order valence-corrected chi connectivity index (χ0v) is 19.9. The van der Waals surface area contributed by atoms with Gasteiger partial charge in [0.2, 0.25) is 0 Å². The van der Waals surface area contributed by atoms with Crippen molar-refractivity contribution in [2.75, 3.05) is 19.4 Å². The van der Waals surface area contributed by atoms with E-state index in [4.69, 9.17) is 23.2 Å². The quantitative estimate of drug-likeness (QED) is 0.437. The zero-order valence-electron chi connectivity index (χ0n) is 17.6. The maximum atomic E-state index is 13.3. The number of nitrogens with zero attached hydrogens (tertiary/aromatic N) is 1. The van der Waals surface area contributed by atoms with Gasteiger partial charge >= 0.3 is 6.18 Å². The lowest BCUT2D eigenvalue weighted by Gasteiger charge is -2.15. The molecule has 0 aliphatic carbocycles. The fraction of sp³-hybridized carbons (Fsp3) is 0.136. The Kier molecular flexibility index (Phi) is 7.64. The first-order chi connectivity index (χ1) is 15.9. The number of benzene rings is 2. The average molecular weight is 530 g/mol. The zero-order chi connectivity index (χ0) is 25.2. The van der Waals surface area contributed by atoms with Crippen LogP contribution in [0, 0.1) is 0 Å². The van der Waals surface area contributed by atoms with Crippen LogP contribution >= 0.6 is 35.0 Å². The van der Waals surface area contributed by atoms with E-state index in [1.54, 1.807) is 25.1 Å². The highest BCUT2D eigenvalue weighted by Gasteiger charge is 2.34. The van der Waals surface area contributed by atoms with Crippen molar-refractivity contribution in [1.82, 2.24) is 9.88 Å². The molecule has 3 aromatic rings. The molecule has 1 heterocycles. The predicted molar refractivity (Wildman–Crippen MR) is 125 cm³/mol. The molecule has 1 aromatic heterocycles. The molecular weight excluding hydrogens is 514 g/mol. The van der Waals surface area contributed by atoms with Crippen LogP contribution in [0.25, 0.3) is 0 Å². The normalized spacial score (nSPS) is 11.3. The van der Waals surface area contributed by atoms with Gasteiger partial charge in [0, 0.05) is 35.1 Å². The van der Waals surface area contributed by atoms with Gasteiger partial charge in [0.05, 0.1) is 10.0 Å². The van der Waals surface area contributed by atoms with E-state index in [9.17, 15) is 27.6 Å². The molecule has 34 heavy (non-hydrogen) atoms. The molecule has 2 N–H and O–H groups in total. The fourth-order valence-electron chi connectivity index (χ4n) is 2.86. The first kappa shape index (κ1) is 25.7. The Labute approximate surface area is 206 Å². The Balaban J connectivity index is 2.07. The highest BCUT2D eigenvalue weighted by Crippen LogP contribution is 2.40. The number of halogens is 5. The van der Waals surface area contributed by atoms with Crippen molar-refractivity contribution in [1.29, 1.82) is 0 Å². The molecule has 6 nitrogen and oxygen atoms in total. The number of hydrogen-bond donors (Lipinski definition) is 2. The summed E-state index contributed by atoms with van der Waals surface area (Å²) in [5.74, 6) is -1.30. The molecule has 0 saturated carbocycles. The SMILES string of the molecule is CN(C)C(=O)c1cccc(NC(=O)c2c(Sc3c(Cl)cccc3Cl)cc(C(F)(F)F)[nH]c2=O)c1. The number of amides is 2. The summed E-state index contributed by atoms with van der Waals surface area (Å²) in [6.45, 7) is 0. The van der Waals surface area contributed by atoms with E-state index >= 15 is 0 Å². The van der Waals surface area contributed by atoms with Gasteiger partial charge in [-0.05, 0) is 36.4 Å². The van der Waals surface area contributed by atoms with Crippen molar-refractivity contribution < 1.29 is 22.8 Å². The second kappa shape index (κ2) is 10.1. The smallest absolute Gasteiger partial charge is 0.345 e. The number of carbonyl (C=O) groups is 2. The van der Waals surface area contributed by atoms with E-state index in [0.29, 0.717) is 17.8 Å². The van der Waals surface area contributed by atoms with E-state index in [2.05, 4.69) is 5.32 Å². The van der Waals surface area contributed by atoms with Crippen LogP contribution < -0.4 is 10.9 Å². The molecule has 0 fully saturated rings. The monoisotopic (exact) mass is 529 g/mol. The van der Waals surface area contributed by atoms with Gasteiger partial charge in [0.15, 0.2) is 0 Å². The van der Waals surface area contributed by atoms with Gasteiger partial charge in [-0.3, -0.25) is 14.4 Å². The summed E-state index contributed by atoms with van der Waals surface area (Å²) in [6, 6.07) is 11.0. The number of hydrogen-bond acceptors (Lipinski definition) is 4. The number of aromatic amines is 1. The summed E-state index contributed by atoms with van der Waals surface area (Å²) < 4.78 is 40.0. The highest BCUT2D eigenvalue weighted by molar-refractivity contribution is 7.99. The molecule has 0 aliphatic heterocycles. The Morgan fingerprint density at radius 2 is 1.65 bits per heavy atom. The molecule has 0 saturated heterocycles. The maximum Gasteiger partial charge on any atom is 0.431 e. The third-order valence-electron chi connectivity index (χ3n) is 4.43. The fourth-order valence-corrected chi connectivity index (χ4v) is 4.50. The molecule has 3 rings (SSSR count). The molecule has 178 valence electrons. The number of aromatic nitrogens is 1. The second-order valence-corrected chi connectivity index (χ2v) is 9.00. The number of carbonyl (C=O) groups excluding carboxylic acids is 2. The number of H-pyrrole nitrogens is 1. The number of alkyl halides is 3. The van der Waals surface area contributed by atoms with Crippen molar-refractivity contribution in [3.05, 3.63) is 85.8 Å². The Morgan fingerprint density at radius 1 is 1.03 bits per heavy atom. The number of rotatable bonds is 5. The second-order valence-electron chi connectivity index (χ2n) is 7.14. The maximum absolute atomic E-state index is 13.3. The van der Waals surface area contributed by atoms with Crippen LogP contribution in [0.2, 0.25) is 10.0 Å². The molecule has 0 unspecified atom stereocenters. The molecule has 0 bridgehead atoms. The number of pyridine rings is 1. The van der Waals surface area contributed by atoms with E-state index < -0.39 is 28.9 Å². The summed E-state index contributed by atoms with van der Waals surface area (Å²) >= 11 is 12.9. The lowest BCUT2D eigenvalue weighted by molar-refractivity contribution is -0.141. The number of nitrogens with one attached hydrogen (secondary N) is 2. The standard InChI is InChI=1S/C22H16Cl2F3N3O3S/c1-30(2)21(33)11-5-3-6-12(9-11)28-19(31)17-15(10-16(22(25,26)27)29-20(17)32)34-18-13(23)7-4-8-14(18)24/h3-10H,1-2H3,(H,28,31)(H,29,32). The number of anilines is 1. The minimum atomic E-state index is -4.87. The Morgan fingerprint density at radius 3 is 2.24 bits per heavy atom. The van der Waals surface area contributed by atoms with Gasteiger partial charge in [-0.2, -0.15) is 13.2 Å². The minimum absolute atomic E-state index is 0.132. The molecule has 12 heteroatoms. The van der Waals surface area contributed by atoms with E-state index in [-0.39, 0.29) is 37.0 Å². The third kappa shape index (κ3) is 5.75. The van der Waals surface area contributed by atoms with Gasteiger partial charge in [-0.1, -0.05) is 47.1 Å². The first-order valence-corrected chi connectivity index (χ1v) is 11.0. The lowest BCUT2D eigenvalue weighted by atomic mass is 10.1. The minimum Gasteiger partial charge on any atom is -0.345 e. The van der Waals surface area contributed by atoms with Crippen LogP contribution in [0.4, 0.5) is 18.9 Å². The van der Waals surface area contributed by atoms with Crippen molar-refractivity contribution in [3.8, 4) is 0 Å². The first-order valence-electron chi connectivity index (χ1n) is 9.48. The van der Waals surface area contributed by atoms with Gasteiger partial charge in [0.25, 0.3) is 17.4 Å². The Bertz CT molecular complexity index is 1310. The molecule has 0 aliphatic rings. The van der Waals surface area contributed by atoms with E-state index in [1.807, 2.05) is 0 Å². The summed E-state index contributed by atoms with van der Waals surface area (Å²) in [6.07, 6.45) is -4.87. The van der Waals surface area contributed by atoms with Crippen LogP contribution in [0.1, 0.15) is 26.4 Å². The molecular formula is C22H16Cl2F3N3O3S. The van der Waals surface area contributed by atoms with Crippen LogP contribution in [0.15, 0.2) is 63.1 Å². The van der Waals surface area contributed by atoms with E-state index in [0.717, 1.165) is 0 Å². The molecule has 2 aromatic carbocycles. The van der Waals surface area contributed by atoms with Gasteiger partial charge in [0.1, 0.15) is 11.3 Å².